The van der Waals surface area contributed by atoms with Crippen molar-refractivity contribution in [1.29, 1.82) is 0 Å². The van der Waals surface area contributed by atoms with Crippen molar-refractivity contribution >= 4 is 5.97 Å². The van der Waals surface area contributed by atoms with Crippen molar-refractivity contribution in [2.75, 3.05) is 0 Å². The number of carbonyl (C=O) groups is 1. The van der Waals surface area contributed by atoms with Crippen molar-refractivity contribution in [3.05, 3.63) is 71.4 Å². The quantitative estimate of drug-likeness (QED) is 0.536. The molecule has 0 aliphatic heterocycles. The van der Waals surface area contributed by atoms with Gasteiger partial charge in [0.25, 0.3) is 0 Å². The summed E-state index contributed by atoms with van der Waals surface area (Å²) in [6.07, 6.45) is 20.0. The zero-order valence-electron chi connectivity index (χ0n) is 15.6. The van der Waals surface area contributed by atoms with Gasteiger partial charge in [-0.1, -0.05) is 81.9 Å². The molecule has 3 rings (SSSR count). The van der Waals surface area contributed by atoms with Gasteiger partial charge >= 0.3 is 5.97 Å². The lowest BCUT2D eigenvalue weighted by molar-refractivity contribution is -0.131. The Labute approximate surface area is 151 Å². The maximum absolute atomic E-state index is 10.5. The molecule has 3 aliphatic rings. The van der Waals surface area contributed by atoms with Crippen LogP contribution in [-0.4, -0.2) is 11.1 Å². The van der Waals surface area contributed by atoms with E-state index in [-0.39, 0.29) is 5.41 Å². The minimum atomic E-state index is -0.920. The summed E-state index contributed by atoms with van der Waals surface area (Å²) in [5.74, 6) is 0.159. The van der Waals surface area contributed by atoms with Gasteiger partial charge in [0.1, 0.15) is 0 Å². The highest BCUT2D eigenvalue weighted by atomic mass is 16.4. The van der Waals surface area contributed by atoms with Crippen molar-refractivity contribution in [2.24, 2.45) is 22.7 Å². The van der Waals surface area contributed by atoms with Gasteiger partial charge in [0.05, 0.1) is 0 Å². The molecule has 3 aliphatic carbocycles. The maximum atomic E-state index is 10.5. The van der Waals surface area contributed by atoms with Gasteiger partial charge < -0.3 is 5.11 Å². The Hall–Kier alpha value is -2.09. The highest BCUT2D eigenvalue weighted by Gasteiger charge is 2.51. The molecule has 2 nitrogen and oxygen atoms in total. The Morgan fingerprint density at radius 1 is 1.20 bits per heavy atom. The summed E-state index contributed by atoms with van der Waals surface area (Å²) in [4.78, 5) is 10.5. The van der Waals surface area contributed by atoms with E-state index in [1.165, 1.54) is 24.0 Å². The van der Waals surface area contributed by atoms with E-state index in [2.05, 4.69) is 58.1 Å². The van der Waals surface area contributed by atoms with Gasteiger partial charge in [0, 0.05) is 12.0 Å². The second-order valence-electron chi connectivity index (χ2n) is 8.76. The van der Waals surface area contributed by atoms with Gasteiger partial charge in [-0.15, -0.1) is 0 Å². The summed E-state index contributed by atoms with van der Waals surface area (Å²) in [6.45, 7) is 9.59. The Morgan fingerprint density at radius 2 is 1.96 bits per heavy atom. The fourth-order valence-electron chi connectivity index (χ4n) is 5.07. The average molecular weight is 336 g/mol. The molecule has 0 spiro atoms. The number of fused-ring (bicyclic) bond motifs is 2. The Balaban J connectivity index is 1.87. The third-order valence-corrected chi connectivity index (χ3v) is 5.92. The minimum Gasteiger partial charge on any atom is -0.478 e. The largest absolute Gasteiger partial charge is 0.478 e. The van der Waals surface area contributed by atoms with E-state index in [4.69, 9.17) is 5.11 Å². The lowest BCUT2D eigenvalue weighted by Crippen LogP contribution is -2.26. The summed E-state index contributed by atoms with van der Waals surface area (Å²) in [6, 6.07) is 0. The third-order valence-electron chi connectivity index (χ3n) is 5.92. The standard InChI is InChI=1S/C23H28O2/c1-22(2)15-23(3,4)20-14-18-16(9-6-5-7-12-21(24)25)10-8-11-17(18)13-19(20)22/h5-13,18,20H,14-15H2,1-4H3,(H,24,25). The molecule has 2 heteroatoms. The normalized spacial score (nSPS) is 31.1. The molecule has 0 aromatic carbocycles. The molecule has 1 N–H and O–H groups in total. The number of carboxylic acids is 1. The van der Waals surface area contributed by atoms with Crippen molar-refractivity contribution in [3.63, 3.8) is 0 Å². The monoisotopic (exact) mass is 336 g/mol. The van der Waals surface area contributed by atoms with Crippen molar-refractivity contribution in [2.45, 2.75) is 40.5 Å². The predicted molar refractivity (Wildman–Crippen MR) is 103 cm³/mol. The molecule has 0 saturated heterocycles. The van der Waals surface area contributed by atoms with Crippen molar-refractivity contribution in [1.82, 2.24) is 0 Å². The third kappa shape index (κ3) is 3.49. The highest BCUT2D eigenvalue weighted by Crippen LogP contribution is 2.61. The van der Waals surface area contributed by atoms with Gasteiger partial charge in [-0.25, -0.2) is 4.79 Å². The summed E-state index contributed by atoms with van der Waals surface area (Å²) in [5.41, 5.74) is 4.97. The highest BCUT2D eigenvalue weighted by molar-refractivity contribution is 5.80. The summed E-state index contributed by atoms with van der Waals surface area (Å²) in [5, 5.41) is 8.63. The zero-order valence-corrected chi connectivity index (χ0v) is 15.6. The van der Waals surface area contributed by atoms with E-state index in [0.717, 1.165) is 6.08 Å². The number of hydrogen-bond donors (Lipinski definition) is 1. The molecule has 0 heterocycles. The Bertz CT molecular complexity index is 751. The van der Waals surface area contributed by atoms with Gasteiger partial charge in [-0.3, -0.25) is 0 Å². The minimum absolute atomic E-state index is 0.284. The Kier molecular flexibility index (Phi) is 4.49. The van der Waals surface area contributed by atoms with Crippen LogP contribution in [0.5, 0.6) is 0 Å². The molecule has 2 atom stereocenters. The molecule has 2 unspecified atom stereocenters. The Morgan fingerprint density at radius 3 is 2.68 bits per heavy atom. The molecular formula is C23H28O2. The van der Waals surface area contributed by atoms with Crippen LogP contribution in [-0.2, 0) is 4.79 Å². The average Bonchev–Trinajstić information content (AvgIpc) is 2.70. The zero-order chi connectivity index (χ0) is 18.2. The molecule has 0 amide bonds. The molecular weight excluding hydrogens is 308 g/mol. The van der Waals surface area contributed by atoms with Crippen LogP contribution in [0.25, 0.3) is 0 Å². The first-order valence-electron chi connectivity index (χ1n) is 9.09. The molecule has 0 radical (unpaired) electrons. The van der Waals surface area contributed by atoms with Crippen LogP contribution in [0.15, 0.2) is 71.4 Å². The van der Waals surface area contributed by atoms with E-state index < -0.39 is 5.97 Å². The smallest absolute Gasteiger partial charge is 0.328 e. The number of aliphatic carboxylic acids is 1. The van der Waals surface area contributed by atoms with E-state index >= 15 is 0 Å². The van der Waals surface area contributed by atoms with Crippen LogP contribution in [0.4, 0.5) is 0 Å². The predicted octanol–water partition coefficient (Wildman–Crippen LogP) is 5.62. The summed E-state index contributed by atoms with van der Waals surface area (Å²) < 4.78 is 0. The first kappa shape index (κ1) is 17.7. The van der Waals surface area contributed by atoms with E-state index in [0.29, 0.717) is 17.3 Å². The van der Waals surface area contributed by atoms with Crippen molar-refractivity contribution < 1.29 is 9.90 Å². The van der Waals surface area contributed by atoms with Crippen LogP contribution in [0.3, 0.4) is 0 Å². The van der Waals surface area contributed by atoms with Crippen LogP contribution >= 0.6 is 0 Å². The number of carboxylic acid groups (broad SMARTS) is 1. The second kappa shape index (κ2) is 6.33. The first-order valence-corrected chi connectivity index (χ1v) is 9.09. The van der Waals surface area contributed by atoms with Crippen LogP contribution in [0, 0.1) is 22.7 Å². The first-order chi connectivity index (χ1) is 11.7. The summed E-state index contributed by atoms with van der Waals surface area (Å²) in [7, 11) is 0. The second-order valence-corrected chi connectivity index (χ2v) is 8.76. The van der Waals surface area contributed by atoms with Crippen LogP contribution < -0.4 is 0 Å². The van der Waals surface area contributed by atoms with Gasteiger partial charge in [-0.2, -0.15) is 0 Å². The molecule has 0 aromatic heterocycles. The van der Waals surface area contributed by atoms with E-state index in [9.17, 15) is 4.79 Å². The molecule has 132 valence electrons. The van der Waals surface area contributed by atoms with Crippen molar-refractivity contribution in [3.8, 4) is 0 Å². The molecule has 25 heavy (non-hydrogen) atoms. The number of allylic oxidation sites excluding steroid dienone is 11. The van der Waals surface area contributed by atoms with Gasteiger partial charge in [0.2, 0.25) is 0 Å². The molecule has 0 bridgehead atoms. The van der Waals surface area contributed by atoms with Gasteiger partial charge in [-0.05, 0) is 40.7 Å². The van der Waals surface area contributed by atoms with E-state index in [1.54, 1.807) is 17.7 Å². The fourth-order valence-corrected chi connectivity index (χ4v) is 5.07. The molecule has 1 fully saturated rings. The lowest BCUT2D eigenvalue weighted by atomic mass is 9.67. The topological polar surface area (TPSA) is 37.3 Å². The molecule has 0 aromatic rings. The number of rotatable bonds is 3. The van der Waals surface area contributed by atoms with Crippen LogP contribution in [0.2, 0.25) is 0 Å². The molecule has 1 saturated carbocycles. The van der Waals surface area contributed by atoms with E-state index in [1.807, 2.05) is 6.08 Å². The maximum Gasteiger partial charge on any atom is 0.328 e. The van der Waals surface area contributed by atoms with Crippen LogP contribution in [0.1, 0.15) is 40.5 Å². The fraction of sp³-hybridized carbons (Fsp3) is 0.435. The van der Waals surface area contributed by atoms with Gasteiger partial charge in [0.15, 0.2) is 0 Å². The SMILES string of the molecule is CC1(C)CC(C)(C)C2CC3C(=CC=CC=CC(=O)O)C=CC=C3C=C21. The summed E-state index contributed by atoms with van der Waals surface area (Å²) >= 11 is 0. The number of hydrogen-bond acceptors (Lipinski definition) is 1. The lowest BCUT2D eigenvalue weighted by Gasteiger charge is -2.37.